The third kappa shape index (κ3) is 6.62. The Morgan fingerprint density at radius 2 is 2.06 bits per heavy atom. The lowest BCUT2D eigenvalue weighted by Gasteiger charge is -2.12. The lowest BCUT2D eigenvalue weighted by atomic mass is 10.2. The first-order chi connectivity index (χ1) is 16.8. The molecule has 3 aromatic rings. The number of hydrogen-bond donors (Lipinski definition) is 4. The van der Waals surface area contributed by atoms with E-state index in [1.165, 1.54) is 24.3 Å². The highest BCUT2D eigenvalue weighted by atomic mass is 32.2. The van der Waals surface area contributed by atoms with Crippen LogP contribution in [0.15, 0.2) is 47.4 Å². The van der Waals surface area contributed by atoms with Crippen LogP contribution in [0.25, 0.3) is 11.0 Å². The van der Waals surface area contributed by atoms with Gasteiger partial charge in [0.05, 0.1) is 29.8 Å². The number of carbonyl (C=O) groups excluding carboxylic acids is 1. The number of amides is 2. The Kier molecular flexibility index (Phi) is 7.73. The Hall–Kier alpha value is -3.35. The number of anilines is 2. The summed E-state index contributed by atoms with van der Waals surface area (Å²) in [5, 5.41) is 8.57. The van der Waals surface area contributed by atoms with Gasteiger partial charge in [-0.2, -0.15) is 8.42 Å². The molecule has 0 aliphatic carbocycles. The molecule has 1 fully saturated rings. The maximum Gasteiger partial charge on any atom is 0.339 e. The number of H-pyrrole nitrogens is 1. The predicted octanol–water partition coefficient (Wildman–Crippen LogP) is 3.08. The van der Waals surface area contributed by atoms with E-state index in [4.69, 9.17) is 13.7 Å². The number of rotatable bonds is 10. The quantitative estimate of drug-likeness (QED) is 0.309. The number of fused-ring (bicyclic) bond motifs is 1. The maximum absolute atomic E-state index is 12.8. The van der Waals surface area contributed by atoms with Gasteiger partial charge in [0, 0.05) is 32.0 Å². The summed E-state index contributed by atoms with van der Waals surface area (Å²) in [7, 11) is -2.49. The highest BCUT2D eigenvalue weighted by molar-refractivity contribution is 7.87. The molecule has 0 radical (unpaired) electrons. The van der Waals surface area contributed by atoms with E-state index in [-0.39, 0.29) is 28.7 Å². The third-order valence-electron chi connectivity index (χ3n) is 5.39. The summed E-state index contributed by atoms with van der Waals surface area (Å²) in [5.74, 6) is 0.322. The lowest BCUT2D eigenvalue weighted by Crippen LogP contribution is -2.38. The van der Waals surface area contributed by atoms with Crippen LogP contribution in [-0.4, -0.2) is 63.4 Å². The first kappa shape index (κ1) is 24.8. The van der Waals surface area contributed by atoms with Crippen molar-refractivity contribution in [3.63, 3.8) is 0 Å². The Morgan fingerprint density at radius 1 is 1.26 bits per heavy atom. The minimum absolute atomic E-state index is 0.0338. The van der Waals surface area contributed by atoms with Gasteiger partial charge in [0.15, 0.2) is 0 Å². The largest absolute Gasteiger partial charge is 0.383 e. The van der Waals surface area contributed by atoms with Crippen LogP contribution in [0.2, 0.25) is 0 Å². The van der Waals surface area contributed by atoms with E-state index in [1.54, 1.807) is 32.2 Å². The van der Waals surface area contributed by atoms with Gasteiger partial charge in [-0.1, -0.05) is 0 Å². The van der Waals surface area contributed by atoms with Crippen molar-refractivity contribution in [1.29, 1.82) is 0 Å². The second kappa shape index (κ2) is 10.9. The molecular weight excluding hydrogens is 474 g/mol. The van der Waals surface area contributed by atoms with Gasteiger partial charge in [-0.15, -0.1) is 0 Å². The molecule has 11 nitrogen and oxygen atoms in total. The number of benzene rings is 2. The SMILES string of the molecule is COCC(C)NC(=O)Nc1nc2cc(OS(=O)(=O)c3ccc(NCC4CCCO4)cc3)ccc2[nH]1. The van der Waals surface area contributed by atoms with Crippen LogP contribution in [-0.2, 0) is 19.6 Å². The molecule has 188 valence electrons. The van der Waals surface area contributed by atoms with E-state index in [2.05, 4.69) is 25.9 Å². The van der Waals surface area contributed by atoms with Crippen molar-refractivity contribution in [2.24, 2.45) is 0 Å². The average molecular weight is 504 g/mol. The normalized spacial score (nSPS) is 16.7. The summed E-state index contributed by atoms with van der Waals surface area (Å²) < 4.78 is 41.4. The number of hydrogen-bond acceptors (Lipinski definition) is 8. The van der Waals surface area contributed by atoms with Crippen LogP contribution >= 0.6 is 0 Å². The molecule has 1 aliphatic rings. The molecule has 1 aliphatic heterocycles. The molecular formula is C23H29N5O6S. The predicted molar refractivity (Wildman–Crippen MR) is 131 cm³/mol. The second-order valence-corrected chi connectivity index (χ2v) is 9.84. The Labute approximate surface area is 203 Å². The monoisotopic (exact) mass is 503 g/mol. The van der Waals surface area contributed by atoms with Crippen molar-refractivity contribution in [1.82, 2.24) is 15.3 Å². The lowest BCUT2D eigenvalue weighted by molar-refractivity contribution is 0.120. The summed E-state index contributed by atoms with van der Waals surface area (Å²) in [5.41, 5.74) is 1.85. The van der Waals surface area contributed by atoms with Crippen molar-refractivity contribution in [3.8, 4) is 5.75 Å². The summed E-state index contributed by atoms with van der Waals surface area (Å²) in [6, 6.07) is 10.4. The number of methoxy groups -OCH3 is 1. The van der Waals surface area contributed by atoms with Crippen molar-refractivity contribution in [2.45, 2.75) is 36.8 Å². The Bertz CT molecular complexity index is 1260. The molecule has 1 aromatic heterocycles. The fourth-order valence-electron chi connectivity index (χ4n) is 3.71. The highest BCUT2D eigenvalue weighted by Crippen LogP contribution is 2.25. The van der Waals surface area contributed by atoms with Gasteiger partial charge in [-0.3, -0.25) is 5.32 Å². The van der Waals surface area contributed by atoms with Gasteiger partial charge in [-0.05, 0) is 56.2 Å². The van der Waals surface area contributed by atoms with E-state index >= 15 is 0 Å². The van der Waals surface area contributed by atoms with Gasteiger partial charge in [0.1, 0.15) is 10.6 Å². The van der Waals surface area contributed by atoms with Crippen LogP contribution < -0.4 is 20.1 Å². The fraction of sp³-hybridized carbons (Fsp3) is 0.391. The number of ether oxygens (including phenoxy) is 2. The molecule has 2 heterocycles. The van der Waals surface area contributed by atoms with E-state index in [1.807, 2.05) is 0 Å². The topological polar surface area (TPSA) is 144 Å². The molecule has 0 spiro atoms. The average Bonchev–Trinajstić information content (AvgIpc) is 3.47. The number of carbonyl (C=O) groups is 1. The molecule has 35 heavy (non-hydrogen) atoms. The van der Waals surface area contributed by atoms with Crippen LogP contribution in [0.4, 0.5) is 16.4 Å². The number of aromatic nitrogens is 2. The number of nitrogens with zero attached hydrogens (tertiary/aromatic N) is 1. The molecule has 0 saturated carbocycles. The molecule has 4 N–H and O–H groups in total. The van der Waals surface area contributed by atoms with Gasteiger partial charge < -0.3 is 29.3 Å². The maximum atomic E-state index is 12.8. The number of imidazole rings is 1. The van der Waals surface area contributed by atoms with E-state index in [0.29, 0.717) is 24.2 Å². The minimum Gasteiger partial charge on any atom is -0.383 e. The van der Waals surface area contributed by atoms with Crippen molar-refractivity contribution in [3.05, 3.63) is 42.5 Å². The molecule has 2 atom stereocenters. The Balaban J connectivity index is 1.38. The van der Waals surface area contributed by atoms with Crippen molar-refractivity contribution >= 4 is 38.8 Å². The smallest absolute Gasteiger partial charge is 0.339 e. The summed E-state index contributed by atoms with van der Waals surface area (Å²) in [6.07, 6.45) is 2.26. The van der Waals surface area contributed by atoms with E-state index < -0.39 is 16.1 Å². The first-order valence-electron chi connectivity index (χ1n) is 11.3. The summed E-state index contributed by atoms with van der Waals surface area (Å²) in [4.78, 5) is 19.3. The highest BCUT2D eigenvalue weighted by Gasteiger charge is 2.19. The molecule has 2 unspecified atom stereocenters. The second-order valence-electron chi connectivity index (χ2n) is 8.30. The zero-order chi connectivity index (χ0) is 24.8. The number of aromatic amines is 1. The zero-order valence-corrected chi connectivity index (χ0v) is 20.4. The van der Waals surface area contributed by atoms with Crippen LogP contribution in [0.1, 0.15) is 19.8 Å². The van der Waals surface area contributed by atoms with Crippen molar-refractivity contribution < 1.29 is 26.9 Å². The van der Waals surface area contributed by atoms with Crippen molar-refractivity contribution in [2.75, 3.05) is 37.5 Å². The van der Waals surface area contributed by atoms with Gasteiger partial charge >= 0.3 is 16.1 Å². The molecule has 12 heteroatoms. The Morgan fingerprint density at radius 3 is 2.77 bits per heavy atom. The third-order valence-corrected chi connectivity index (χ3v) is 6.65. The molecule has 4 rings (SSSR count). The standard InChI is InChI=1S/C23H29N5O6S/c1-15(14-32-2)25-23(29)28-22-26-20-10-7-17(12-21(20)27-22)34-35(30,31)19-8-5-16(6-9-19)24-13-18-4-3-11-33-18/h5-10,12,15,18,24H,3-4,11,13-14H2,1-2H3,(H3,25,26,27,28,29). The van der Waals surface area contributed by atoms with Gasteiger partial charge in [0.2, 0.25) is 5.95 Å². The van der Waals surface area contributed by atoms with E-state index in [9.17, 15) is 13.2 Å². The molecule has 2 amide bonds. The summed E-state index contributed by atoms with van der Waals surface area (Å²) in [6.45, 7) is 3.64. The fourth-order valence-corrected chi connectivity index (χ4v) is 4.63. The number of nitrogens with one attached hydrogen (secondary N) is 4. The van der Waals surface area contributed by atoms with Gasteiger partial charge in [0.25, 0.3) is 0 Å². The molecule has 2 aromatic carbocycles. The molecule has 1 saturated heterocycles. The van der Waals surface area contributed by atoms with E-state index in [0.717, 1.165) is 25.1 Å². The van der Waals surface area contributed by atoms with Crippen LogP contribution in [0, 0.1) is 0 Å². The minimum atomic E-state index is -4.04. The molecule has 0 bridgehead atoms. The van der Waals surface area contributed by atoms with Crippen LogP contribution in [0.3, 0.4) is 0 Å². The number of urea groups is 1. The summed E-state index contributed by atoms with van der Waals surface area (Å²) >= 11 is 0. The van der Waals surface area contributed by atoms with Gasteiger partial charge in [-0.25, -0.2) is 9.78 Å². The zero-order valence-electron chi connectivity index (χ0n) is 19.5. The first-order valence-corrected chi connectivity index (χ1v) is 12.7. The van der Waals surface area contributed by atoms with Crippen LogP contribution in [0.5, 0.6) is 5.75 Å².